The van der Waals surface area contributed by atoms with Crippen LogP contribution in [0, 0.1) is 17.6 Å². The second-order valence-corrected chi connectivity index (χ2v) is 4.99. The average molecular weight is 300 g/mol. The summed E-state index contributed by atoms with van der Waals surface area (Å²) >= 11 is 0. The van der Waals surface area contributed by atoms with E-state index < -0.39 is 23.6 Å². The fraction of sp³-hybridized carbons (Fsp3) is 0.467. The number of hydrogen-bond acceptors (Lipinski definition) is 4. The zero-order chi connectivity index (χ0) is 15.8. The molecule has 4 nitrogen and oxygen atoms in total. The summed E-state index contributed by atoms with van der Waals surface area (Å²) in [5.41, 5.74) is 0.338. The predicted octanol–water partition coefficient (Wildman–Crippen LogP) is 2.99. The number of halogens is 2. The largest absolute Gasteiger partial charge is 0.465 e. The SMILES string of the molecule is CC(C)COC(=O)CCC(=O)OCc1ccc(F)c(F)c1. The summed E-state index contributed by atoms with van der Waals surface area (Å²) in [5.74, 6) is -2.79. The first-order valence-electron chi connectivity index (χ1n) is 6.63. The van der Waals surface area contributed by atoms with Gasteiger partial charge in [0, 0.05) is 0 Å². The van der Waals surface area contributed by atoms with Gasteiger partial charge in [0.2, 0.25) is 0 Å². The van der Waals surface area contributed by atoms with Crippen molar-refractivity contribution in [3.8, 4) is 0 Å². The van der Waals surface area contributed by atoms with Crippen molar-refractivity contribution < 1.29 is 27.8 Å². The van der Waals surface area contributed by atoms with E-state index in [1.54, 1.807) is 0 Å². The molecule has 21 heavy (non-hydrogen) atoms. The summed E-state index contributed by atoms with van der Waals surface area (Å²) < 4.78 is 35.4. The maximum absolute atomic E-state index is 12.9. The van der Waals surface area contributed by atoms with Crippen LogP contribution in [0.3, 0.4) is 0 Å². The fourth-order valence-corrected chi connectivity index (χ4v) is 1.40. The minimum absolute atomic E-state index is 0.0661. The first kappa shape index (κ1) is 17.1. The fourth-order valence-electron chi connectivity index (χ4n) is 1.40. The Morgan fingerprint density at radius 3 is 2.24 bits per heavy atom. The Kier molecular flexibility index (Phi) is 6.78. The number of carbonyl (C=O) groups is 2. The van der Waals surface area contributed by atoms with Crippen molar-refractivity contribution in [3.05, 3.63) is 35.4 Å². The molecule has 0 N–H and O–H groups in total. The Morgan fingerprint density at radius 2 is 1.67 bits per heavy atom. The van der Waals surface area contributed by atoms with Gasteiger partial charge in [0.1, 0.15) is 6.61 Å². The molecule has 0 aromatic heterocycles. The van der Waals surface area contributed by atoms with Crippen LogP contribution in [0.2, 0.25) is 0 Å². The topological polar surface area (TPSA) is 52.6 Å². The minimum atomic E-state index is -0.999. The van der Waals surface area contributed by atoms with E-state index in [0.717, 1.165) is 12.1 Å². The zero-order valence-corrected chi connectivity index (χ0v) is 12.0. The van der Waals surface area contributed by atoms with Gasteiger partial charge in [-0.2, -0.15) is 0 Å². The van der Waals surface area contributed by atoms with Crippen molar-refractivity contribution >= 4 is 11.9 Å². The molecule has 0 unspecified atom stereocenters. The highest BCUT2D eigenvalue weighted by molar-refractivity contribution is 5.77. The molecule has 0 saturated heterocycles. The summed E-state index contributed by atoms with van der Waals surface area (Å²) in [6.07, 6.45) is -0.177. The molecule has 0 spiro atoms. The third kappa shape index (κ3) is 6.83. The summed E-state index contributed by atoms with van der Waals surface area (Å²) in [7, 11) is 0. The smallest absolute Gasteiger partial charge is 0.306 e. The van der Waals surface area contributed by atoms with Gasteiger partial charge in [-0.3, -0.25) is 9.59 Å². The molecule has 1 rings (SSSR count). The third-order valence-corrected chi connectivity index (χ3v) is 2.49. The molecule has 0 radical (unpaired) electrons. The second-order valence-electron chi connectivity index (χ2n) is 4.99. The lowest BCUT2D eigenvalue weighted by Gasteiger charge is -2.07. The van der Waals surface area contributed by atoms with Crippen LogP contribution >= 0.6 is 0 Å². The molecule has 0 fully saturated rings. The lowest BCUT2D eigenvalue weighted by atomic mass is 10.2. The number of rotatable bonds is 7. The maximum Gasteiger partial charge on any atom is 0.306 e. The first-order valence-corrected chi connectivity index (χ1v) is 6.63. The predicted molar refractivity (Wildman–Crippen MR) is 71.2 cm³/mol. The van der Waals surface area contributed by atoms with Crippen molar-refractivity contribution in [1.29, 1.82) is 0 Å². The van der Waals surface area contributed by atoms with Gasteiger partial charge in [0.25, 0.3) is 0 Å². The molecule has 0 aliphatic heterocycles. The Bertz CT molecular complexity index is 500. The van der Waals surface area contributed by atoms with E-state index in [4.69, 9.17) is 9.47 Å². The number of carbonyl (C=O) groups excluding carboxylic acids is 2. The number of benzene rings is 1. The van der Waals surface area contributed by atoms with E-state index in [2.05, 4.69) is 0 Å². The Labute approximate surface area is 122 Å². The highest BCUT2D eigenvalue weighted by Crippen LogP contribution is 2.10. The van der Waals surface area contributed by atoms with E-state index in [1.807, 2.05) is 13.8 Å². The van der Waals surface area contributed by atoms with E-state index in [0.29, 0.717) is 12.2 Å². The quantitative estimate of drug-likeness (QED) is 0.726. The normalized spacial score (nSPS) is 10.5. The standard InChI is InChI=1S/C15H18F2O4/c1-10(2)8-20-14(18)5-6-15(19)21-9-11-3-4-12(16)13(17)7-11/h3-4,7,10H,5-6,8-9H2,1-2H3. The lowest BCUT2D eigenvalue weighted by Crippen LogP contribution is -2.13. The molecule has 0 aliphatic rings. The second kappa shape index (κ2) is 8.34. The van der Waals surface area contributed by atoms with Gasteiger partial charge in [-0.15, -0.1) is 0 Å². The summed E-state index contributed by atoms with van der Waals surface area (Å²) in [4.78, 5) is 22.7. The number of hydrogen-bond donors (Lipinski definition) is 0. The molecule has 0 bridgehead atoms. The van der Waals surface area contributed by atoms with E-state index >= 15 is 0 Å². The molecular weight excluding hydrogens is 282 g/mol. The molecule has 0 atom stereocenters. The van der Waals surface area contributed by atoms with Crippen LogP contribution in [0.4, 0.5) is 8.78 Å². The van der Waals surface area contributed by atoms with E-state index in [-0.39, 0.29) is 25.4 Å². The summed E-state index contributed by atoms with van der Waals surface area (Å²) in [6.45, 7) is 3.95. The molecule has 116 valence electrons. The van der Waals surface area contributed by atoms with Gasteiger partial charge in [-0.1, -0.05) is 19.9 Å². The number of ether oxygens (including phenoxy) is 2. The zero-order valence-electron chi connectivity index (χ0n) is 12.0. The molecule has 0 saturated carbocycles. The van der Waals surface area contributed by atoms with Gasteiger partial charge in [-0.25, -0.2) is 8.78 Å². The van der Waals surface area contributed by atoms with Crippen molar-refractivity contribution in [1.82, 2.24) is 0 Å². The summed E-state index contributed by atoms with van der Waals surface area (Å²) in [5, 5.41) is 0. The Balaban J connectivity index is 2.27. The van der Waals surface area contributed by atoms with E-state index in [1.165, 1.54) is 6.07 Å². The van der Waals surface area contributed by atoms with Gasteiger partial charge in [-0.05, 0) is 23.6 Å². The average Bonchev–Trinajstić information content (AvgIpc) is 2.44. The highest BCUT2D eigenvalue weighted by Gasteiger charge is 2.10. The van der Waals surface area contributed by atoms with Gasteiger partial charge < -0.3 is 9.47 Å². The van der Waals surface area contributed by atoms with Crippen LogP contribution in [0.25, 0.3) is 0 Å². The molecule has 0 heterocycles. The molecule has 1 aromatic rings. The van der Waals surface area contributed by atoms with Gasteiger partial charge >= 0.3 is 11.9 Å². The van der Waals surface area contributed by atoms with Gasteiger partial charge in [0.05, 0.1) is 19.4 Å². The van der Waals surface area contributed by atoms with Crippen LogP contribution in [-0.4, -0.2) is 18.5 Å². The first-order chi connectivity index (χ1) is 9.88. The molecule has 0 amide bonds. The van der Waals surface area contributed by atoms with Gasteiger partial charge in [0.15, 0.2) is 11.6 Å². The minimum Gasteiger partial charge on any atom is -0.465 e. The monoisotopic (exact) mass is 300 g/mol. The Hall–Kier alpha value is -1.98. The molecule has 6 heteroatoms. The van der Waals surface area contributed by atoms with E-state index in [9.17, 15) is 18.4 Å². The van der Waals surface area contributed by atoms with Crippen LogP contribution in [-0.2, 0) is 25.7 Å². The van der Waals surface area contributed by atoms with Crippen molar-refractivity contribution in [3.63, 3.8) is 0 Å². The molecule has 1 aromatic carbocycles. The van der Waals surface area contributed by atoms with Crippen LogP contribution in [0.15, 0.2) is 18.2 Å². The van der Waals surface area contributed by atoms with Crippen molar-refractivity contribution in [2.75, 3.05) is 6.61 Å². The molecule has 0 aliphatic carbocycles. The van der Waals surface area contributed by atoms with Crippen LogP contribution in [0.5, 0.6) is 0 Å². The summed E-state index contributed by atoms with van der Waals surface area (Å²) in [6, 6.07) is 3.24. The molecular formula is C15H18F2O4. The third-order valence-electron chi connectivity index (χ3n) is 2.49. The van der Waals surface area contributed by atoms with Crippen molar-refractivity contribution in [2.45, 2.75) is 33.3 Å². The van der Waals surface area contributed by atoms with Crippen molar-refractivity contribution in [2.24, 2.45) is 5.92 Å². The maximum atomic E-state index is 12.9. The number of esters is 2. The highest BCUT2D eigenvalue weighted by atomic mass is 19.2. The van der Waals surface area contributed by atoms with Crippen LogP contribution in [0.1, 0.15) is 32.3 Å². The lowest BCUT2D eigenvalue weighted by molar-refractivity contribution is -0.151. The van der Waals surface area contributed by atoms with Crippen LogP contribution < -0.4 is 0 Å². The Morgan fingerprint density at radius 1 is 1.05 bits per heavy atom.